The maximum atomic E-state index is 15.1. The molecule has 2 N–H and O–H groups in total. The Hall–Kier alpha value is -3.53. The first-order valence-corrected chi connectivity index (χ1v) is 14.8. The average molecular weight is 558 g/mol. The number of aliphatic hydroxyl groups is 1. The van der Waals surface area contributed by atoms with E-state index in [4.69, 9.17) is 9.47 Å². The van der Waals surface area contributed by atoms with Crippen molar-refractivity contribution in [1.82, 2.24) is 20.1 Å². The summed E-state index contributed by atoms with van der Waals surface area (Å²) in [5.41, 5.74) is 5.41. The van der Waals surface area contributed by atoms with Gasteiger partial charge in [0.2, 0.25) is 0 Å². The molecule has 0 amide bonds. The Balaban J connectivity index is 1.21. The molecule has 4 aromatic rings. The number of pyridine rings is 1. The summed E-state index contributed by atoms with van der Waals surface area (Å²) >= 11 is 0. The van der Waals surface area contributed by atoms with E-state index in [1.807, 2.05) is 12.1 Å². The Morgan fingerprint density at radius 2 is 1.83 bits per heavy atom. The summed E-state index contributed by atoms with van der Waals surface area (Å²) in [6.07, 6.45) is 6.25. The third-order valence-corrected chi connectivity index (χ3v) is 8.81. The predicted octanol–water partition coefficient (Wildman–Crippen LogP) is 5.16. The summed E-state index contributed by atoms with van der Waals surface area (Å²) < 4.78 is 27.4. The van der Waals surface area contributed by atoms with Crippen molar-refractivity contribution < 1.29 is 19.0 Å². The minimum Gasteiger partial charge on any atom is -0.491 e. The van der Waals surface area contributed by atoms with Gasteiger partial charge < -0.3 is 24.4 Å². The topological polar surface area (TPSA) is 86.7 Å². The molecule has 4 bridgehead atoms. The number of nitrogens with zero attached hydrogens (tertiary/aromatic N) is 4. The first-order chi connectivity index (χ1) is 20.1. The number of aromatic nitrogens is 3. The van der Waals surface area contributed by atoms with Crippen LogP contribution in [-0.4, -0.2) is 76.7 Å². The van der Waals surface area contributed by atoms with Crippen molar-refractivity contribution in [2.45, 2.75) is 50.9 Å². The highest BCUT2D eigenvalue weighted by molar-refractivity contribution is 5.95. The number of rotatable bonds is 2. The van der Waals surface area contributed by atoms with Crippen LogP contribution in [0, 0.1) is 5.82 Å². The molecular weight excluding hydrogens is 521 g/mol. The highest BCUT2D eigenvalue weighted by atomic mass is 19.1. The van der Waals surface area contributed by atoms with Crippen molar-refractivity contribution in [3.63, 3.8) is 0 Å². The van der Waals surface area contributed by atoms with Gasteiger partial charge in [0.05, 0.1) is 49.0 Å². The number of anilines is 1. The van der Waals surface area contributed by atoms with Crippen LogP contribution in [0.3, 0.4) is 0 Å². The number of H-pyrrole nitrogens is 1. The molecule has 5 heterocycles. The van der Waals surface area contributed by atoms with Crippen molar-refractivity contribution in [3.05, 3.63) is 60.0 Å². The molecule has 0 saturated carbocycles. The Bertz CT molecular complexity index is 1530. The molecule has 2 aromatic heterocycles. The largest absolute Gasteiger partial charge is 0.491 e. The summed E-state index contributed by atoms with van der Waals surface area (Å²) in [5.74, 6) is 0.528. The highest BCUT2D eigenvalue weighted by Crippen LogP contribution is 2.38. The number of likely N-dealkylation sites (tertiary alicyclic amines) is 1. The van der Waals surface area contributed by atoms with Crippen LogP contribution in [0.4, 0.5) is 10.1 Å². The van der Waals surface area contributed by atoms with E-state index in [0.717, 1.165) is 97.4 Å². The van der Waals surface area contributed by atoms with Gasteiger partial charge in [-0.3, -0.25) is 10.1 Å². The lowest BCUT2D eigenvalue weighted by Crippen LogP contribution is -2.48. The molecule has 0 aliphatic carbocycles. The summed E-state index contributed by atoms with van der Waals surface area (Å²) in [7, 11) is 0. The third-order valence-electron chi connectivity index (χ3n) is 8.81. The fourth-order valence-electron chi connectivity index (χ4n) is 6.54. The van der Waals surface area contributed by atoms with Crippen LogP contribution in [0.25, 0.3) is 33.4 Å². The smallest absolute Gasteiger partial charge is 0.143 e. The number of hydrogen-bond donors (Lipinski definition) is 2. The number of aliphatic hydroxyl groups excluding tert-OH is 1. The minimum atomic E-state index is -0.316. The molecule has 0 spiro atoms. The number of nitrogens with one attached hydrogen (secondary N) is 1. The number of halogens is 1. The molecule has 214 valence electrons. The normalized spacial score (nSPS) is 19.5. The van der Waals surface area contributed by atoms with E-state index < -0.39 is 0 Å². The van der Waals surface area contributed by atoms with Gasteiger partial charge in [0.1, 0.15) is 17.3 Å². The lowest BCUT2D eigenvalue weighted by Gasteiger charge is -2.42. The molecule has 3 aliphatic heterocycles. The van der Waals surface area contributed by atoms with E-state index in [2.05, 4.69) is 43.2 Å². The zero-order valence-corrected chi connectivity index (χ0v) is 23.2. The SMILES string of the molecule is OC1CCN(C2CCN(c3ccc4cc3OCCCOCc3cccc(F)c3-c3cc5c-4n[nH]c5cn3)CC2)CC1. The van der Waals surface area contributed by atoms with E-state index in [1.165, 1.54) is 6.07 Å². The van der Waals surface area contributed by atoms with Crippen molar-refractivity contribution in [2.24, 2.45) is 0 Å². The average Bonchev–Trinajstić information content (AvgIpc) is 3.42. The zero-order valence-electron chi connectivity index (χ0n) is 23.2. The second kappa shape index (κ2) is 11.4. The number of ether oxygens (including phenoxy) is 2. The van der Waals surface area contributed by atoms with E-state index in [9.17, 15) is 5.11 Å². The van der Waals surface area contributed by atoms with Crippen molar-refractivity contribution in [2.75, 3.05) is 44.3 Å². The first kappa shape index (κ1) is 26.4. The molecule has 2 saturated heterocycles. The Labute approximate surface area is 239 Å². The molecule has 41 heavy (non-hydrogen) atoms. The highest BCUT2D eigenvalue weighted by Gasteiger charge is 2.29. The summed E-state index contributed by atoms with van der Waals surface area (Å²) in [4.78, 5) is 9.56. The van der Waals surface area contributed by atoms with Gasteiger partial charge in [-0.25, -0.2) is 4.39 Å². The second-order valence-electron chi connectivity index (χ2n) is 11.4. The maximum absolute atomic E-state index is 15.1. The fraction of sp³-hybridized carbons (Fsp3) is 0.438. The number of fused-ring (bicyclic) bond motifs is 6. The van der Waals surface area contributed by atoms with Gasteiger partial charge in [0.25, 0.3) is 0 Å². The molecular formula is C32H36FN5O3. The molecule has 7 rings (SSSR count). The van der Waals surface area contributed by atoms with Crippen LogP contribution in [0.2, 0.25) is 0 Å². The standard InChI is InChI=1S/C32H36FN5O3/c33-26-4-1-3-22-20-40-15-2-16-41-30-17-21(32-25-18-27(31(22)26)34-19-28(25)35-36-32)5-6-29(30)38-11-7-23(8-12-38)37-13-9-24(39)10-14-37/h1,3-6,17-19,23-24,39H,2,7-16,20H2,(H,35,36). The van der Waals surface area contributed by atoms with Crippen LogP contribution < -0.4 is 9.64 Å². The summed E-state index contributed by atoms with van der Waals surface area (Å²) in [5, 5.41) is 18.5. The van der Waals surface area contributed by atoms with E-state index in [-0.39, 0.29) is 11.9 Å². The summed E-state index contributed by atoms with van der Waals surface area (Å²) in [6.45, 7) is 5.24. The molecule has 9 heteroatoms. The van der Waals surface area contributed by atoms with Crippen LogP contribution in [0.5, 0.6) is 5.75 Å². The van der Waals surface area contributed by atoms with Crippen LogP contribution in [-0.2, 0) is 11.3 Å². The van der Waals surface area contributed by atoms with Gasteiger partial charge in [-0.1, -0.05) is 18.2 Å². The molecule has 0 unspecified atom stereocenters. The van der Waals surface area contributed by atoms with Crippen LogP contribution in [0.15, 0.2) is 48.7 Å². The number of benzene rings is 2. The van der Waals surface area contributed by atoms with Crippen molar-refractivity contribution >= 4 is 16.6 Å². The fourth-order valence-corrected chi connectivity index (χ4v) is 6.54. The van der Waals surface area contributed by atoms with Crippen molar-refractivity contribution in [1.29, 1.82) is 0 Å². The Morgan fingerprint density at radius 1 is 0.976 bits per heavy atom. The Morgan fingerprint density at radius 3 is 2.68 bits per heavy atom. The predicted molar refractivity (Wildman–Crippen MR) is 157 cm³/mol. The van der Waals surface area contributed by atoms with Gasteiger partial charge in [0, 0.05) is 55.2 Å². The third kappa shape index (κ3) is 5.29. The van der Waals surface area contributed by atoms with Gasteiger partial charge in [-0.2, -0.15) is 5.10 Å². The maximum Gasteiger partial charge on any atom is 0.143 e. The molecule has 2 fully saturated rings. The Kier molecular flexibility index (Phi) is 7.33. The first-order valence-electron chi connectivity index (χ1n) is 14.8. The van der Waals surface area contributed by atoms with Crippen LogP contribution >= 0.6 is 0 Å². The van der Waals surface area contributed by atoms with E-state index in [1.54, 1.807) is 12.3 Å². The van der Waals surface area contributed by atoms with Crippen molar-refractivity contribution in [3.8, 4) is 28.3 Å². The lowest BCUT2D eigenvalue weighted by atomic mass is 9.98. The quantitative estimate of drug-likeness (QED) is 0.352. The van der Waals surface area contributed by atoms with Crippen LogP contribution in [0.1, 0.15) is 37.7 Å². The van der Waals surface area contributed by atoms with E-state index >= 15 is 4.39 Å². The zero-order chi connectivity index (χ0) is 27.8. The second-order valence-corrected chi connectivity index (χ2v) is 11.4. The van der Waals surface area contributed by atoms with Gasteiger partial charge >= 0.3 is 0 Å². The number of piperidine rings is 2. The summed E-state index contributed by atoms with van der Waals surface area (Å²) in [6, 6.07) is 13.9. The van der Waals surface area contributed by atoms with Gasteiger partial charge in [-0.15, -0.1) is 0 Å². The van der Waals surface area contributed by atoms with Gasteiger partial charge in [-0.05, 0) is 55.5 Å². The monoisotopic (exact) mass is 557 g/mol. The molecule has 8 nitrogen and oxygen atoms in total. The molecule has 2 aromatic carbocycles. The van der Waals surface area contributed by atoms with E-state index in [0.29, 0.717) is 37.1 Å². The number of hydrogen-bond acceptors (Lipinski definition) is 7. The minimum absolute atomic E-state index is 0.140. The molecule has 0 radical (unpaired) electrons. The molecule has 0 atom stereocenters. The lowest BCUT2D eigenvalue weighted by molar-refractivity contribution is 0.0541. The molecule has 3 aliphatic rings. The number of aromatic amines is 1. The van der Waals surface area contributed by atoms with Gasteiger partial charge in [0.15, 0.2) is 0 Å².